The van der Waals surface area contributed by atoms with Gasteiger partial charge in [-0.25, -0.2) is 4.98 Å². The van der Waals surface area contributed by atoms with Crippen molar-refractivity contribution in [1.82, 2.24) is 19.3 Å². The Morgan fingerprint density at radius 2 is 2.50 bits per heavy atom. The van der Waals surface area contributed by atoms with Crippen molar-refractivity contribution in [3.63, 3.8) is 0 Å². The molecule has 2 rings (SSSR count). The number of anilines is 2. The highest BCUT2D eigenvalue weighted by molar-refractivity contribution is 7.09. The third kappa shape index (κ3) is 2.19. The van der Waals surface area contributed by atoms with Gasteiger partial charge in [-0.05, 0) is 0 Å². The van der Waals surface area contributed by atoms with E-state index in [9.17, 15) is 0 Å². The van der Waals surface area contributed by atoms with E-state index < -0.39 is 0 Å². The molecule has 0 spiro atoms. The monoisotopic (exact) mass is 210 g/mol. The van der Waals surface area contributed by atoms with Crippen LogP contribution in [-0.2, 0) is 6.42 Å². The summed E-state index contributed by atoms with van der Waals surface area (Å²) in [6.07, 6.45) is 4.36. The highest BCUT2D eigenvalue weighted by atomic mass is 32.1. The van der Waals surface area contributed by atoms with Gasteiger partial charge in [0.15, 0.2) is 0 Å². The third-order valence-electron chi connectivity index (χ3n) is 1.63. The van der Waals surface area contributed by atoms with E-state index in [0.717, 1.165) is 23.9 Å². The first-order valence-electron chi connectivity index (χ1n) is 4.16. The van der Waals surface area contributed by atoms with Crippen LogP contribution in [0.5, 0.6) is 0 Å². The molecule has 0 saturated carbocycles. The zero-order chi connectivity index (χ0) is 9.80. The van der Waals surface area contributed by atoms with Crippen molar-refractivity contribution < 1.29 is 0 Å². The molecule has 4 N–H and O–H groups in total. The summed E-state index contributed by atoms with van der Waals surface area (Å²) in [6, 6.07) is 0. The van der Waals surface area contributed by atoms with Gasteiger partial charge in [-0.3, -0.25) is 0 Å². The molecular weight excluding hydrogens is 200 g/mol. The zero-order valence-electron chi connectivity index (χ0n) is 7.40. The van der Waals surface area contributed by atoms with E-state index in [4.69, 9.17) is 5.73 Å². The van der Waals surface area contributed by atoms with Crippen LogP contribution in [0.2, 0.25) is 0 Å². The minimum atomic E-state index is 0.315. The van der Waals surface area contributed by atoms with Gasteiger partial charge < -0.3 is 16.0 Å². The smallest absolute Gasteiger partial charge is 0.233 e. The first-order chi connectivity index (χ1) is 6.84. The van der Waals surface area contributed by atoms with E-state index in [2.05, 4.69) is 24.6 Å². The lowest BCUT2D eigenvalue weighted by Gasteiger charge is -1.98. The number of aromatic nitrogens is 4. The maximum Gasteiger partial charge on any atom is 0.233 e. The Hall–Kier alpha value is -1.63. The summed E-state index contributed by atoms with van der Waals surface area (Å²) < 4.78 is 3.85. The number of nitrogens with one attached hydrogen (secondary N) is 2. The number of H-pyrrole nitrogens is 1. The van der Waals surface area contributed by atoms with E-state index in [1.807, 2.05) is 0 Å². The van der Waals surface area contributed by atoms with Crippen LogP contribution in [-0.4, -0.2) is 25.9 Å². The van der Waals surface area contributed by atoms with Crippen molar-refractivity contribution in [2.24, 2.45) is 0 Å². The number of aromatic amines is 1. The predicted molar refractivity (Wildman–Crippen MR) is 55.1 cm³/mol. The Kier molecular flexibility index (Phi) is 2.59. The molecule has 0 aromatic carbocycles. The SMILES string of the molecule is Nc1nsc(NCCc2ncc[nH]2)n1. The molecule has 74 valence electrons. The maximum absolute atomic E-state index is 5.37. The van der Waals surface area contributed by atoms with Gasteiger partial charge in [0.2, 0.25) is 11.1 Å². The largest absolute Gasteiger partial charge is 0.367 e. The van der Waals surface area contributed by atoms with Gasteiger partial charge in [-0.2, -0.15) is 9.36 Å². The summed E-state index contributed by atoms with van der Waals surface area (Å²) in [6.45, 7) is 0.766. The van der Waals surface area contributed by atoms with Crippen LogP contribution in [0.25, 0.3) is 0 Å². The van der Waals surface area contributed by atoms with Crippen LogP contribution in [0, 0.1) is 0 Å². The fourth-order valence-corrected chi connectivity index (χ4v) is 1.55. The lowest BCUT2D eigenvalue weighted by molar-refractivity contribution is 0.926. The van der Waals surface area contributed by atoms with Gasteiger partial charge in [-0.1, -0.05) is 0 Å². The summed E-state index contributed by atoms with van der Waals surface area (Å²) in [7, 11) is 0. The summed E-state index contributed by atoms with van der Waals surface area (Å²) >= 11 is 1.26. The van der Waals surface area contributed by atoms with Crippen LogP contribution in [0.15, 0.2) is 12.4 Å². The van der Waals surface area contributed by atoms with Crippen LogP contribution in [0.1, 0.15) is 5.82 Å². The number of rotatable bonds is 4. The molecule has 2 aromatic heterocycles. The van der Waals surface area contributed by atoms with Crippen LogP contribution in [0.4, 0.5) is 11.1 Å². The molecular formula is C7H10N6S. The Bertz CT molecular complexity index is 381. The lowest BCUT2D eigenvalue weighted by atomic mass is 10.4. The van der Waals surface area contributed by atoms with Crippen molar-refractivity contribution in [3.05, 3.63) is 18.2 Å². The summed E-state index contributed by atoms with van der Waals surface area (Å²) in [5.74, 6) is 1.27. The van der Waals surface area contributed by atoms with Crippen LogP contribution < -0.4 is 11.1 Å². The molecule has 0 aliphatic rings. The molecule has 0 aliphatic heterocycles. The minimum Gasteiger partial charge on any atom is -0.367 e. The van der Waals surface area contributed by atoms with Crippen molar-refractivity contribution in [2.45, 2.75) is 6.42 Å². The molecule has 0 bridgehead atoms. The highest BCUT2D eigenvalue weighted by Gasteiger charge is 1.99. The van der Waals surface area contributed by atoms with Gasteiger partial charge in [0, 0.05) is 36.9 Å². The maximum atomic E-state index is 5.37. The summed E-state index contributed by atoms with van der Waals surface area (Å²) in [5, 5.41) is 3.85. The normalized spacial score (nSPS) is 10.3. The van der Waals surface area contributed by atoms with E-state index in [0.29, 0.717) is 5.95 Å². The van der Waals surface area contributed by atoms with Gasteiger partial charge in [-0.15, -0.1) is 0 Å². The van der Waals surface area contributed by atoms with Crippen LogP contribution >= 0.6 is 11.5 Å². The average Bonchev–Trinajstić information content (AvgIpc) is 2.77. The Balaban J connectivity index is 1.78. The topological polar surface area (TPSA) is 92.5 Å². The average molecular weight is 210 g/mol. The van der Waals surface area contributed by atoms with E-state index >= 15 is 0 Å². The molecule has 0 atom stereocenters. The fraction of sp³-hybridized carbons (Fsp3) is 0.286. The number of nitrogen functional groups attached to an aromatic ring is 1. The molecule has 7 heteroatoms. The van der Waals surface area contributed by atoms with Crippen molar-refractivity contribution in [2.75, 3.05) is 17.6 Å². The van der Waals surface area contributed by atoms with Gasteiger partial charge in [0.05, 0.1) is 0 Å². The summed E-state index contributed by atoms with van der Waals surface area (Å²) in [4.78, 5) is 11.1. The quantitative estimate of drug-likeness (QED) is 0.683. The molecule has 0 aliphatic carbocycles. The van der Waals surface area contributed by atoms with E-state index in [-0.39, 0.29) is 0 Å². The van der Waals surface area contributed by atoms with Crippen LogP contribution in [0.3, 0.4) is 0 Å². The number of hydrogen-bond acceptors (Lipinski definition) is 6. The first-order valence-corrected chi connectivity index (χ1v) is 4.93. The highest BCUT2D eigenvalue weighted by Crippen LogP contribution is 2.11. The second-order valence-electron chi connectivity index (χ2n) is 2.67. The Labute approximate surface area is 84.8 Å². The van der Waals surface area contributed by atoms with Gasteiger partial charge >= 0.3 is 0 Å². The van der Waals surface area contributed by atoms with Gasteiger partial charge in [0.1, 0.15) is 5.82 Å². The molecule has 2 aromatic rings. The molecule has 0 saturated heterocycles. The Morgan fingerprint density at radius 3 is 3.14 bits per heavy atom. The van der Waals surface area contributed by atoms with Crippen molar-refractivity contribution >= 4 is 22.6 Å². The fourth-order valence-electron chi connectivity index (χ4n) is 1.03. The summed E-state index contributed by atoms with van der Waals surface area (Å²) in [5.41, 5.74) is 5.37. The van der Waals surface area contributed by atoms with Gasteiger partial charge in [0.25, 0.3) is 0 Å². The standard InChI is InChI=1S/C7H10N6S/c8-6-12-7(14-13-6)11-2-1-5-9-3-4-10-5/h3-4H,1-2H2,(H,9,10)(H3,8,11,12,13). The Morgan fingerprint density at radius 1 is 1.57 bits per heavy atom. The van der Waals surface area contributed by atoms with E-state index in [1.165, 1.54) is 11.5 Å². The number of nitrogens with zero attached hydrogens (tertiary/aromatic N) is 3. The second kappa shape index (κ2) is 4.05. The van der Waals surface area contributed by atoms with Crippen molar-refractivity contribution in [1.29, 1.82) is 0 Å². The molecule has 0 fully saturated rings. The van der Waals surface area contributed by atoms with E-state index in [1.54, 1.807) is 12.4 Å². The first kappa shape index (κ1) is 8.95. The number of nitrogens with two attached hydrogens (primary N) is 1. The zero-order valence-corrected chi connectivity index (χ0v) is 8.21. The lowest BCUT2D eigenvalue weighted by Crippen LogP contribution is -2.05. The predicted octanol–water partition coefficient (Wildman–Crippen LogP) is 0.498. The third-order valence-corrected chi connectivity index (χ3v) is 2.32. The molecule has 14 heavy (non-hydrogen) atoms. The molecule has 6 nitrogen and oxygen atoms in total. The second-order valence-corrected chi connectivity index (χ2v) is 3.42. The molecule has 0 unspecified atom stereocenters. The van der Waals surface area contributed by atoms with Crippen molar-refractivity contribution in [3.8, 4) is 0 Å². The molecule has 0 radical (unpaired) electrons. The number of imidazole rings is 1. The number of hydrogen-bond donors (Lipinski definition) is 3. The minimum absolute atomic E-state index is 0.315. The molecule has 2 heterocycles. The molecule has 0 amide bonds.